The van der Waals surface area contributed by atoms with Crippen LogP contribution in [0.15, 0.2) is 48.5 Å². The Morgan fingerprint density at radius 2 is 1.67 bits per heavy atom. The second-order valence-corrected chi connectivity index (χ2v) is 12.7. The van der Waals surface area contributed by atoms with Crippen LogP contribution < -0.4 is 5.32 Å². The minimum Gasteiger partial charge on any atom is -0.481 e. The second kappa shape index (κ2) is 12.7. The van der Waals surface area contributed by atoms with E-state index >= 15 is 0 Å². The third-order valence-corrected chi connectivity index (χ3v) is 9.82. The van der Waals surface area contributed by atoms with Gasteiger partial charge in [-0.2, -0.15) is 4.31 Å². The number of carboxylic acids is 1. The molecule has 2 atom stereocenters. The first-order chi connectivity index (χ1) is 18.6. The Bertz CT molecular complexity index is 1320. The monoisotopic (exact) mass is 595 g/mol. The molecule has 1 saturated carbocycles. The molecule has 0 spiro atoms. The molecule has 0 aromatic heterocycles. The zero-order chi connectivity index (χ0) is 28.2. The maximum Gasteiger partial charge on any atom is 0.305 e. The van der Waals surface area contributed by atoms with E-state index < -0.39 is 40.0 Å². The summed E-state index contributed by atoms with van der Waals surface area (Å²) in [5.74, 6) is -2.77. The number of carbonyl (C=O) groups is 3. The van der Waals surface area contributed by atoms with Gasteiger partial charge in [-0.1, -0.05) is 72.8 Å². The summed E-state index contributed by atoms with van der Waals surface area (Å²) in [6.07, 6.45) is 2.67. The van der Waals surface area contributed by atoms with Gasteiger partial charge in [0.25, 0.3) is 11.8 Å². The van der Waals surface area contributed by atoms with E-state index in [9.17, 15) is 27.9 Å². The van der Waals surface area contributed by atoms with E-state index in [0.717, 1.165) is 36.4 Å². The van der Waals surface area contributed by atoms with E-state index in [1.807, 2.05) is 0 Å². The highest BCUT2D eigenvalue weighted by Crippen LogP contribution is 2.30. The molecule has 1 aliphatic heterocycles. The summed E-state index contributed by atoms with van der Waals surface area (Å²) in [7, 11) is -4.04. The van der Waals surface area contributed by atoms with Crippen LogP contribution in [0.5, 0.6) is 0 Å². The van der Waals surface area contributed by atoms with Crippen molar-refractivity contribution in [1.29, 1.82) is 0 Å². The number of hydrogen-bond acceptors (Lipinski definition) is 5. The standard InChI is InChI=1S/C27H31Cl2N3O6S/c28-21-12-11-20(15-22(21)29)27(36)31-13-14-32(39(37,38)17-18-7-3-1-4-8-18)26(31)25(35)30-23(16-24(33)34)19-9-5-2-6-10-19/h1,3-4,7-8,11-12,15,19,23,26H,2,5-6,9-10,13-14,16-17H2,(H,30,35)(H,33,34). The number of rotatable bonds is 9. The number of sulfonamides is 1. The first-order valence-electron chi connectivity index (χ1n) is 12.9. The molecule has 0 radical (unpaired) electrons. The van der Waals surface area contributed by atoms with Crippen LogP contribution in [0, 0.1) is 5.92 Å². The maximum atomic E-state index is 13.8. The predicted octanol–water partition coefficient (Wildman–Crippen LogP) is 4.15. The van der Waals surface area contributed by atoms with E-state index in [0.29, 0.717) is 5.56 Å². The number of aliphatic carboxylic acids is 1. The van der Waals surface area contributed by atoms with E-state index in [2.05, 4.69) is 5.32 Å². The van der Waals surface area contributed by atoms with Crippen molar-refractivity contribution in [3.05, 3.63) is 69.7 Å². The lowest BCUT2D eigenvalue weighted by atomic mass is 9.82. The molecule has 0 bridgehead atoms. The summed E-state index contributed by atoms with van der Waals surface area (Å²) in [6, 6.07) is 12.2. The molecule has 2 fully saturated rings. The van der Waals surface area contributed by atoms with Crippen molar-refractivity contribution in [2.75, 3.05) is 13.1 Å². The Kier molecular flexibility index (Phi) is 9.53. The van der Waals surface area contributed by atoms with Gasteiger partial charge in [-0.3, -0.25) is 14.4 Å². The third-order valence-electron chi connectivity index (χ3n) is 7.28. The Balaban J connectivity index is 1.66. The van der Waals surface area contributed by atoms with Gasteiger partial charge >= 0.3 is 5.97 Å². The van der Waals surface area contributed by atoms with E-state index in [4.69, 9.17) is 23.2 Å². The average Bonchev–Trinajstić information content (AvgIpc) is 3.37. The number of benzene rings is 2. The van der Waals surface area contributed by atoms with Crippen molar-refractivity contribution in [1.82, 2.24) is 14.5 Å². The Labute approximate surface area is 238 Å². The minimum atomic E-state index is -4.04. The molecule has 2 aliphatic rings. The number of nitrogens with zero attached hydrogens (tertiary/aromatic N) is 2. The van der Waals surface area contributed by atoms with Crippen LogP contribution in [0.4, 0.5) is 0 Å². The van der Waals surface area contributed by atoms with Crippen LogP contribution in [0.25, 0.3) is 0 Å². The number of nitrogens with one attached hydrogen (secondary N) is 1. The van der Waals surface area contributed by atoms with Crippen molar-refractivity contribution in [2.45, 2.75) is 56.5 Å². The SMILES string of the molecule is O=C(O)CC(NC(=O)C1N(C(=O)c2ccc(Cl)c(Cl)c2)CCN1S(=O)(=O)Cc1ccccc1)C1CCCCC1. The number of hydrogen-bond donors (Lipinski definition) is 2. The van der Waals surface area contributed by atoms with Crippen molar-refractivity contribution in [3.63, 3.8) is 0 Å². The Hall–Kier alpha value is -2.66. The van der Waals surface area contributed by atoms with Crippen LogP contribution in [-0.2, 0) is 25.4 Å². The number of carbonyl (C=O) groups excluding carboxylic acids is 2. The molecule has 9 nitrogen and oxygen atoms in total. The molecule has 1 saturated heterocycles. The minimum absolute atomic E-state index is 0.0296. The molecule has 2 N–H and O–H groups in total. The molecule has 2 aromatic rings. The van der Waals surface area contributed by atoms with Crippen LogP contribution in [0.2, 0.25) is 10.0 Å². The van der Waals surface area contributed by atoms with Gasteiger partial charge in [-0.15, -0.1) is 0 Å². The van der Waals surface area contributed by atoms with Crippen LogP contribution in [0.1, 0.15) is 54.4 Å². The Morgan fingerprint density at radius 3 is 2.31 bits per heavy atom. The molecule has 2 aromatic carbocycles. The first kappa shape index (κ1) is 29.3. The lowest BCUT2D eigenvalue weighted by molar-refractivity contribution is -0.138. The zero-order valence-corrected chi connectivity index (χ0v) is 23.6. The molecule has 2 unspecified atom stereocenters. The summed E-state index contributed by atoms with van der Waals surface area (Å²) in [5.41, 5.74) is 0.691. The van der Waals surface area contributed by atoms with Crippen molar-refractivity contribution in [3.8, 4) is 0 Å². The lowest BCUT2D eigenvalue weighted by Crippen LogP contribution is -2.57. The zero-order valence-electron chi connectivity index (χ0n) is 21.3. The maximum absolute atomic E-state index is 13.8. The van der Waals surface area contributed by atoms with Crippen molar-refractivity contribution >= 4 is 51.0 Å². The normalized spacial score (nSPS) is 19.5. The smallest absolute Gasteiger partial charge is 0.305 e. The molecule has 4 rings (SSSR count). The molecule has 1 heterocycles. The number of halogens is 2. The third kappa shape index (κ3) is 7.11. The topological polar surface area (TPSA) is 124 Å². The lowest BCUT2D eigenvalue weighted by Gasteiger charge is -2.34. The highest BCUT2D eigenvalue weighted by Gasteiger charge is 2.47. The van der Waals surface area contributed by atoms with E-state index in [1.165, 1.54) is 23.1 Å². The second-order valence-electron chi connectivity index (χ2n) is 9.96. The summed E-state index contributed by atoms with van der Waals surface area (Å²) in [6.45, 7) is -0.119. The molecule has 12 heteroatoms. The van der Waals surface area contributed by atoms with Gasteiger partial charge in [0, 0.05) is 24.7 Å². The van der Waals surface area contributed by atoms with Crippen LogP contribution >= 0.6 is 23.2 Å². The average molecular weight is 597 g/mol. The quantitative estimate of drug-likeness (QED) is 0.449. The summed E-state index contributed by atoms with van der Waals surface area (Å²) >= 11 is 12.1. The molecule has 2 amide bonds. The van der Waals surface area contributed by atoms with Gasteiger partial charge in [-0.05, 0) is 42.5 Å². The van der Waals surface area contributed by atoms with Crippen LogP contribution in [0.3, 0.4) is 0 Å². The fourth-order valence-electron chi connectivity index (χ4n) is 5.36. The summed E-state index contributed by atoms with van der Waals surface area (Å²) in [5, 5.41) is 12.7. The first-order valence-corrected chi connectivity index (χ1v) is 15.2. The van der Waals surface area contributed by atoms with Crippen molar-refractivity contribution < 1.29 is 27.9 Å². The molecule has 210 valence electrons. The molecular weight excluding hydrogens is 565 g/mol. The largest absolute Gasteiger partial charge is 0.481 e. The van der Waals surface area contributed by atoms with E-state index in [1.54, 1.807) is 30.3 Å². The number of carboxylic acid groups (broad SMARTS) is 1. The molecule has 1 aliphatic carbocycles. The molecular formula is C27H31Cl2N3O6S. The van der Waals surface area contributed by atoms with Gasteiger partial charge in [0.2, 0.25) is 10.0 Å². The van der Waals surface area contributed by atoms with E-state index in [-0.39, 0.29) is 46.8 Å². The van der Waals surface area contributed by atoms with Gasteiger partial charge in [0.15, 0.2) is 6.17 Å². The molecule has 39 heavy (non-hydrogen) atoms. The highest BCUT2D eigenvalue weighted by molar-refractivity contribution is 7.88. The summed E-state index contributed by atoms with van der Waals surface area (Å²) < 4.78 is 28.2. The fraction of sp³-hybridized carbons (Fsp3) is 0.444. The van der Waals surface area contributed by atoms with Gasteiger partial charge in [-0.25, -0.2) is 8.42 Å². The Morgan fingerprint density at radius 1 is 0.974 bits per heavy atom. The number of amides is 2. The fourth-order valence-corrected chi connectivity index (χ4v) is 7.31. The predicted molar refractivity (Wildman–Crippen MR) is 148 cm³/mol. The highest BCUT2D eigenvalue weighted by atomic mass is 35.5. The van der Waals surface area contributed by atoms with Gasteiger partial charge in [0.1, 0.15) is 0 Å². The van der Waals surface area contributed by atoms with Crippen LogP contribution in [-0.4, -0.2) is 65.8 Å². The van der Waals surface area contributed by atoms with Gasteiger partial charge in [0.05, 0.1) is 22.2 Å². The van der Waals surface area contributed by atoms with Gasteiger partial charge < -0.3 is 15.3 Å². The van der Waals surface area contributed by atoms with Crippen molar-refractivity contribution in [2.24, 2.45) is 5.92 Å². The summed E-state index contributed by atoms with van der Waals surface area (Å²) in [4.78, 5) is 40.2.